The summed E-state index contributed by atoms with van der Waals surface area (Å²) >= 11 is 0. The number of hydrogen-bond acceptors (Lipinski definition) is 5. The molecule has 0 fully saturated rings. The van der Waals surface area contributed by atoms with Crippen molar-refractivity contribution in [2.75, 3.05) is 0 Å². The van der Waals surface area contributed by atoms with Crippen LogP contribution in [0.3, 0.4) is 0 Å². The Labute approximate surface area is 163 Å². The van der Waals surface area contributed by atoms with Gasteiger partial charge in [-0.15, -0.1) is 0 Å². The molecule has 0 saturated carbocycles. The maximum absolute atomic E-state index is 13.3. The summed E-state index contributed by atoms with van der Waals surface area (Å²) in [6, 6.07) is 10.1. The summed E-state index contributed by atoms with van der Waals surface area (Å²) in [7, 11) is -0.257. The fourth-order valence-corrected chi connectivity index (χ4v) is 4.56. The van der Waals surface area contributed by atoms with Gasteiger partial charge in [0.2, 0.25) is 0 Å². The third kappa shape index (κ3) is 2.93. The molecule has 0 N–H and O–H groups in total. The monoisotopic (exact) mass is 396 g/mol. The van der Waals surface area contributed by atoms with Crippen molar-refractivity contribution in [2.45, 2.75) is 18.7 Å². The van der Waals surface area contributed by atoms with Crippen LogP contribution in [0.4, 0.5) is 0 Å². The second-order valence-electron chi connectivity index (χ2n) is 6.68. The molecule has 3 heterocycles. The van der Waals surface area contributed by atoms with Gasteiger partial charge in [0, 0.05) is 37.6 Å². The van der Waals surface area contributed by atoms with Crippen molar-refractivity contribution in [2.24, 2.45) is 14.1 Å². The van der Waals surface area contributed by atoms with Crippen LogP contribution < -0.4 is 0 Å². The number of rotatable bonds is 4. The van der Waals surface area contributed by atoms with E-state index >= 15 is 0 Å². The quantitative estimate of drug-likeness (QED) is 0.529. The van der Waals surface area contributed by atoms with Crippen molar-refractivity contribution in [3.63, 3.8) is 0 Å². The van der Waals surface area contributed by atoms with Crippen LogP contribution in [0.1, 0.15) is 11.4 Å². The van der Waals surface area contributed by atoms with Crippen molar-refractivity contribution >= 4 is 10.0 Å². The Morgan fingerprint density at radius 1 is 0.821 bits per heavy atom. The molecule has 9 heteroatoms. The Hall–Kier alpha value is -3.20. The maximum Gasteiger partial charge on any atom is 0.283 e. The van der Waals surface area contributed by atoms with Gasteiger partial charge in [-0.2, -0.15) is 27.8 Å². The van der Waals surface area contributed by atoms with E-state index in [1.165, 1.54) is 0 Å². The molecule has 0 bridgehead atoms. The van der Waals surface area contributed by atoms with Crippen LogP contribution in [0.5, 0.6) is 0 Å². The smallest absolute Gasteiger partial charge is 0.275 e. The van der Waals surface area contributed by atoms with Crippen molar-refractivity contribution in [1.82, 2.24) is 28.7 Å². The van der Waals surface area contributed by atoms with E-state index in [0.717, 1.165) is 21.0 Å². The minimum Gasteiger partial charge on any atom is -0.275 e. The van der Waals surface area contributed by atoms with Gasteiger partial charge in [-0.1, -0.05) is 18.2 Å². The van der Waals surface area contributed by atoms with Crippen LogP contribution in [0.25, 0.3) is 22.5 Å². The van der Waals surface area contributed by atoms with E-state index in [2.05, 4.69) is 15.3 Å². The maximum atomic E-state index is 13.3. The highest BCUT2D eigenvalue weighted by atomic mass is 32.2. The zero-order chi connectivity index (χ0) is 20.1. The topological polar surface area (TPSA) is 87.6 Å². The van der Waals surface area contributed by atoms with E-state index in [1.807, 2.05) is 27.1 Å². The van der Waals surface area contributed by atoms with E-state index in [0.29, 0.717) is 17.0 Å². The van der Waals surface area contributed by atoms with Crippen LogP contribution in [-0.2, 0) is 24.1 Å². The first-order valence-corrected chi connectivity index (χ1v) is 10.1. The van der Waals surface area contributed by atoms with Crippen molar-refractivity contribution in [3.8, 4) is 22.5 Å². The number of aryl methyl sites for hydroxylation is 4. The molecule has 28 heavy (non-hydrogen) atoms. The second-order valence-corrected chi connectivity index (χ2v) is 8.45. The van der Waals surface area contributed by atoms with Gasteiger partial charge < -0.3 is 0 Å². The standard InChI is InChI=1S/C19H20N6O2S/c1-13-16(11-23(3)20-13)18-10-19(17-12-24(4)21-14(17)2)25(22-18)28(26,27)15-8-6-5-7-9-15/h5-12H,1-4H3. The van der Waals surface area contributed by atoms with Crippen molar-refractivity contribution in [3.05, 3.63) is 60.2 Å². The molecule has 0 spiro atoms. The van der Waals surface area contributed by atoms with Crippen molar-refractivity contribution < 1.29 is 8.42 Å². The number of benzene rings is 1. The van der Waals surface area contributed by atoms with Crippen LogP contribution in [0, 0.1) is 13.8 Å². The second kappa shape index (κ2) is 6.45. The predicted octanol–water partition coefficient (Wildman–Crippen LogP) is 2.54. The van der Waals surface area contributed by atoms with Gasteiger partial charge in [0.1, 0.15) is 0 Å². The van der Waals surface area contributed by atoms with Gasteiger partial charge in [-0.25, -0.2) is 0 Å². The minimum absolute atomic E-state index is 0.176. The molecule has 1 aromatic carbocycles. The SMILES string of the molecule is Cc1nn(C)cc1-c1cc(-c2cn(C)nc2C)n(S(=O)(=O)c2ccccc2)n1. The Bertz CT molecular complexity index is 1270. The van der Waals surface area contributed by atoms with E-state index in [4.69, 9.17) is 0 Å². The summed E-state index contributed by atoms with van der Waals surface area (Å²) in [6.45, 7) is 3.71. The van der Waals surface area contributed by atoms with Crippen LogP contribution >= 0.6 is 0 Å². The van der Waals surface area contributed by atoms with Crippen LogP contribution in [0.15, 0.2) is 53.7 Å². The average Bonchev–Trinajstić information content (AvgIpc) is 3.32. The van der Waals surface area contributed by atoms with Gasteiger partial charge >= 0.3 is 0 Å². The van der Waals surface area contributed by atoms with E-state index in [1.54, 1.807) is 59.0 Å². The zero-order valence-corrected chi connectivity index (χ0v) is 16.8. The molecule has 144 valence electrons. The fraction of sp³-hybridized carbons (Fsp3) is 0.211. The Morgan fingerprint density at radius 2 is 1.39 bits per heavy atom. The van der Waals surface area contributed by atoms with E-state index in [-0.39, 0.29) is 4.90 Å². The number of hydrogen-bond donors (Lipinski definition) is 0. The lowest BCUT2D eigenvalue weighted by Crippen LogP contribution is -2.16. The van der Waals surface area contributed by atoms with E-state index < -0.39 is 10.0 Å². The molecule has 4 aromatic rings. The van der Waals surface area contributed by atoms with Crippen LogP contribution in [0.2, 0.25) is 0 Å². The summed E-state index contributed by atoms with van der Waals surface area (Å²) in [4.78, 5) is 0.176. The number of nitrogens with zero attached hydrogens (tertiary/aromatic N) is 6. The summed E-state index contributed by atoms with van der Waals surface area (Å²) < 4.78 is 31.1. The summed E-state index contributed by atoms with van der Waals surface area (Å²) in [5.41, 5.74) is 4.01. The molecular weight excluding hydrogens is 376 g/mol. The first kappa shape index (κ1) is 18.2. The summed E-state index contributed by atoms with van der Waals surface area (Å²) in [6.07, 6.45) is 3.63. The highest BCUT2D eigenvalue weighted by molar-refractivity contribution is 7.90. The predicted molar refractivity (Wildman–Crippen MR) is 105 cm³/mol. The van der Waals surface area contributed by atoms with Gasteiger partial charge in [0.25, 0.3) is 10.0 Å². The molecule has 4 rings (SSSR count). The fourth-order valence-electron chi connectivity index (χ4n) is 3.26. The molecule has 0 aliphatic heterocycles. The molecule has 0 aliphatic carbocycles. The molecule has 0 amide bonds. The highest BCUT2D eigenvalue weighted by Crippen LogP contribution is 2.31. The first-order valence-electron chi connectivity index (χ1n) is 8.69. The minimum atomic E-state index is -3.88. The van der Waals surface area contributed by atoms with Gasteiger partial charge in [-0.3, -0.25) is 9.36 Å². The molecule has 3 aromatic heterocycles. The largest absolute Gasteiger partial charge is 0.283 e. The first-order chi connectivity index (χ1) is 13.3. The molecule has 0 aliphatic rings. The summed E-state index contributed by atoms with van der Waals surface area (Å²) in [5, 5.41) is 13.2. The molecule has 0 unspecified atom stereocenters. The molecule has 0 atom stereocenters. The zero-order valence-electron chi connectivity index (χ0n) is 16.0. The normalized spacial score (nSPS) is 11.9. The lowest BCUT2D eigenvalue weighted by Gasteiger charge is -2.08. The van der Waals surface area contributed by atoms with Gasteiger partial charge in [0.05, 0.1) is 27.7 Å². The Balaban J connectivity index is 1.99. The third-order valence-corrected chi connectivity index (χ3v) is 6.13. The Morgan fingerprint density at radius 3 is 1.93 bits per heavy atom. The molecule has 0 radical (unpaired) electrons. The third-order valence-electron chi connectivity index (χ3n) is 4.53. The van der Waals surface area contributed by atoms with Gasteiger partial charge in [-0.05, 0) is 32.0 Å². The molecule has 0 saturated heterocycles. The van der Waals surface area contributed by atoms with Gasteiger partial charge in [0.15, 0.2) is 0 Å². The van der Waals surface area contributed by atoms with Crippen LogP contribution in [-0.4, -0.2) is 37.2 Å². The Kier molecular flexibility index (Phi) is 4.19. The number of aromatic nitrogens is 6. The summed E-state index contributed by atoms with van der Waals surface area (Å²) in [5.74, 6) is 0. The molecular formula is C19H20N6O2S. The lowest BCUT2D eigenvalue weighted by molar-refractivity contribution is 0.581. The highest BCUT2D eigenvalue weighted by Gasteiger charge is 2.26. The average molecular weight is 396 g/mol. The van der Waals surface area contributed by atoms with E-state index in [9.17, 15) is 8.42 Å². The molecule has 8 nitrogen and oxygen atoms in total. The van der Waals surface area contributed by atoms with Crippen molar-refractivity contribution in [1.29, 1.82) is 0 Å². The lowest BCUT2D eigenvalue weighted by atomic mass is 10.1.